The van der Waals surface area contributed by atoms with Crippen LogP contribution < -0.4 is 9.80 Å². The summed E-state index contributed by atoms with van der Waals surface area (Å²) in [6.45, 7) is 0. The minimum Gasteiger partial charge on any atom is -0.268 e. The van der Waals surface area contributed by atoms with E-state index in [-0.39, 0.29) is 23.6 Å². The van der Waals surface area contributed by atoms with E-state index in [2.05, 4.69) is 12.1 Å². The number of hydrogen-bond acceptors (Lipinski definition) is 4. The molecular weight excluding hydrogens is 645 g/mol. The maximum atomic E-state index is 13.6. The summed E-state index contributed by atoms with van der Waals surface area (Å²) in [5, 5.41) is 6.97. The summed E-state index contributed by atoms with van der Waals surface area (Å²) < 4.78 is 0. The van der Waals surface area contributed by atoms with Gasteiger partial charge in [0.05, 0.1) is 11.4 Å². The minimum atomic E-state index is -0.322. The van der Waals surface area contributed by atoms with Crippen LogP contribution in [0.3, 0.4) is 0 Å². The zero-order valence-corrected chi connectivity index (χ0v) is 27.5. The lowest BCUT2D eigenvalue weighted by molar-refractivity contribution is 0.0877. The van der Waals surface area contributed by atoms with Crippen molar-refractivity contribution in [2.45, 2.75) is 0 Å². The van der Waals surface area contributed by atoms with Crippen LogP contribution in [0, 0.1) is 0 Å². The fourth-order valence-corrected chi connectivity index (χ4v) is 7.71. The van der Waals surface area contributed by atoms with Crippen LogP contribution >= 0.6 is 0 Å². The van der Waals surface area contributed by atoms with Gasteiger partial charge in [0.25, 0.3) is 23.6 Å². The quantitative estimate of drug-likeness (QED) is 0.138. The lowest BCUT2D eigenvalue weighted by Crippen LogP contribution is -2.40. The van der Waals surface area contributed by atoms with Gasteiger partial charge in [-0.3, -0.25) is 19.2 Å². The molecule has 2 aliphatic rings. The van der Waals surface area contributed by atoms with Crippen molar-refractivity contribution in [1.82, 2.24) is 0 Å². The molecule has 0 bridgehead atoms. The summed E-state index contributed by atoms with van der Waals surface area (Å²) in [5.41, 5.74) is 5.17. The summed E-state index contributed by atoms with van der Waals surface area (Å²) in [7, 11) is 0. The van der Waals surface area contributed by atoms with Gasteiger partial charge >= 0.3 is 0 Å². The molecular formula is C46H26N2O4. The minimum absolute atomic E-state index is 0.322. The first kappa shape index (κ1) is 29.7. The van der Waals surface area contributed by atoms with Gasteiger partial charge in [0, 0.05) is 33.0 Å². The molecule has 2 heterocycles. The average Bonchev–Trinajstić information content (AvgIpc) is 3.18. The van der Waals surface area contributed by atoms with Crippen LogP contribution in [0.1, 0.15) is 52.6 Å². The van der Waals surface area contributed by atoms with Crippen LogP contribution in [-0.4, -0.2) is 23.6 Å². The molecule has 4 amide bonds. The van der Waals surface area contributed by atoms with Gasteiger partial charge in [0.1, 0.15) is 0 Å². The van der Waals surface area contributed by atoms with E-state index in [9.17, 15) is 19.2 Å². The van der Waals surface area contributed by atoms with Gasteiger partial charge < -0.3 is 0 Å². The van der Waals surface area contributed by atoms with E-state index in [0.717, 1.165) is 43.4 Å². The Bertz CT molecular complexity index is 2660. The van der Waals surface area contributed by atoms with Gasteiger partial charge in [-0.1, -0.05) is 97.1 Å². The highest BCUT2D eigenvalue weighted by molar-refractivity contribution is 6.37. The monoisotopic (exact) mass is 670 g/mol. The SMILES string of the molecule is O=C1c2cccc3cccc(c23)C(=O)N1c1ccc2cc(C=Cc3ccc4cc(N5C(=O)c6cccc7cccc(c67)C5=O)ccc4c3)ccc2c1. The Labute approximate surface area is 297 Å². The number of nitrogens with zero attached hydrogens (tertiary/aromatic N) is 2. The molecule has 0 atom stereocenters. The summed E-state index contributed by atoms with van der Waals surface area (Å²) >= 11 is 0. The maximum Gasteiger partial charge on any atom is 0.265 e. The number of benzene rings is 8. The molecule has 0 radical (unpaired) electrons. The smallest absolute Gasteiger partial charge is 0.265 e. The second-order valence-electron chi connectivity index (χ2n) is 13.2. The fraction of sp³-hybridized carbons (Fsp3) is 0. The number of hydrogen-bond donors (Lipinski definition) is 0. The first-order valence-corrected chi connectivity index (χ1v) is 17.0. The molecule has 0 unspecified atom stereocenters. The molecule has 0 aromatic heterocycles. The first-order chi connectivity index (χ1) is 25.4. The van der Waals surface area contributed by atoms with E-state index in [1.807, 2.05) is 121 Å². The van der Waals surface area contributed by atoms with Gasteiger partial charge in [-0.25, -0.2) is 9.80 Å². The van der Waals surface area contributed by atoms with Gasteiger partial charge in [-0.2, -0.15) is 0 Å². The van der Waals surface area contributed by atoms with E-state index in [1.165, 1.54) is 9.80 Å². The molecule has 52 heavy (non-hydrogen) atoms. The van der Waals surface area contributed by atoms with E-state index in [4.69, 9.17) is 0 Å². The second kappa shape index (κ2) is 11.2. The van der Waals surface area contributed by atoms with E-state index in [0.29, 0.717) is 44.4 Å². The van der Waals surface area contributed by atoms with Crippen LogP contribution in [0.15, 0.2) is 146 Å². The topological polar surface area (TPSA) is 74.8 Å². The molecule has 2 aliphatic heterocycles. The Morgan fingerprint density at radius 3 is 1.02 bits per heavy atom. The van der Waals surface area contributed by atoms with E-state index >= 15 is 0 Å². The Morgan fingerprint density at radius 1 is 0.327 bits per heavy atom. The van der Waals surface area contributed by atoms with Gasteiger partial charge in [0.15, 0.2) is 0 Å². The van der Waals surface area contributed by atoms with Gasteiger partial charge in [0.2, 0.25) is 0 Å². The Hall–Kier alpha value is -7.18. The normalized spacial score (nSPS) is 14.2. The molecule has 10 rings (SSSR count). The predicted molar refractivity (Wildman–Crippen MR) is 207 cm³/mol. The Kier molecular flexibility index (Phi) is 6.38. The maximum absolute atomic E-state index is 13.6. The molecule has 0 spiro atoms. The molecule has 8 aromatic rings. The van der Waals surface area contributed by atoms with Crippen LogP contribution in [0.4, 0.5) is 11.4 Å². The van der Waals surface area contributed by atoms with Crippen molar-refractivity contribution in [3.63, 3.8) is 0 Å². The molecule has 0 saturated carbocycles. The number of imide groups is 2. The van der Waals surface area contributed by atoms with Crippen molar-refractivity contribution in [3.8, 4) is 0 Å². The van der Waals surface area contributed by atoms with Crippen molar-refractivity contribution in [2.75, 3.05) is 9.80 Å². The van der Waals surface area contributed by atoms with Crippen molar-refractivity contribution in [1.29, 1.82) is 0 Å². The number of carbonyl (C=O) groups excluding carboxylic acids is 4. The van der Waals surface area contributed by atoms with Gasteiger partial charge in [-0.05, 0) is 104 Å². The number of carbonyl (C=O) groups is 4. The number of anilines is 2. The third kappa shape index (κ3) is 4.44. The zero-order valence-electron chi connectivity index (χ0n) is 27.5. The van der Waals surface area contributed by atoms with Crippen LogP contribution in [0.25, 0.3) is 55.2 Å². The predicted octanol–water partition coefficient (Wildman–Crippen LogP) is 10.1. The number of rotatable bonds is 4. The molecule has 0 fully saturated rings. The Balaban J connectivity index is 0.906. The molecule has 8 aromatic carbocycles. The summed E-state index contributed by atoms with van der Waals surface area (Å²) in [4.78, 5) is 56.8. The summed E-state index contributed by atoms with van der Waals surface area (Å²) in [6, 6.07) is 45.6. The highest BCUT2D eigenvalue weighted by Gasteiger charge is 2.35. The molecule has 6 heteroatoms. The van der Waals surface area contributed by atoms with Crippen molar-refractivity contribution in [3.05, 3.63) is 179 Å². The highest BCUT2D eigenvalue weighted by atomic mass is 16.2. The van der Waals surface area contributed by atoms with Crippen molar-refractivity contribution >= 4 is 90.2 Å². The highest BCUT2D eigenvalue weighted by Crippen LogP contribution is 2.36. The molecule has 244 valence electrons. The fourth-order valence-electron chi connectivity index (χ4n) is 7.71. The average molecular weight is 671 g/mol. The van der Waals surface area contributed by atoms with E-state index < -0.39 is 0 Å². The van der Waals surface area contributed by atoms with Gasteiger partial charge in [-0.15, -0.1) is 0 Å². The van der Waals surface area contributed by atoms with Crippen LogP contribution in [0.2, 0.25) is 0 Å². The van der Waals surface area contributed by atoms with Crippen molar-refractivity contribution in [2.24, 2.45) is 0 Å². The third-order valence-electron chi connectivity index (χ3n) is 10.2. The molecule has 0 aliphatic carbocycles. The summed E-state index contributed by atoms with van der Waals surface area (Å²) in [6.07, 6.45) is 4.09. The summed E-state index contributed by atoms with van der Waals surface area (Å²) in [5.74, 6) is -1.29. The second-order valence-corrected chi connectivity index (χ2v) is 13.2. The number of fused-ring (bicyclic) bond motifs is 2. The Morgan fingerprint density at radius 2 is 0.654 bits per heavy atom. The lowest BCUT2D eigenvalue weighted by atomic mass is 9.93. The molecule has 0 saturated heterocycles. The van der Waals surface area contributed by atoms with Crippen molar-refractivity contribution < 1.29 is 19.2 Å². The van der Waals surface area contributed by atoms with E-state index in [1.54, 1.807) is 24.3 Å². The largest absolute Gasteiger partial charge is 0.268 e. The lowest BCUT2D eigenvalue weighted by Gasteiger charge is -2.27. The standard InChI is InChI=1S/C46H26N2O4/c49-43-37-9-1-5-29-6-2-10-38(41(29)37)44(50)47(43)35-21-19-31-23-27(15-17-33(31)25-35)13-14-28-16-18-34-26-36(22-20-32(34)24-28)48-45(51)39-11-3-7-30-8-4-12-40(42(30)39)46(48)52/h1-26H. The number of amides is 4. The van der Waals surface area contributed by atoms with Crippen LogP contribution in [-0.2, 0) is 0 Å². The van der Waals surface area contributed by atoms with Crippen LogP contribution in [0.5, 0.6) is 0 Å². The first-order valence-electron chi connectivity index (χ1n) is 17.0. The molecule has 6 nitrogen and oxygen atoms in total. The zero-order chi connectivity index (χ0) is 35.1. The molecule has 0 N–H and O–H groups in total. The third-order valence-corrected chi connectivity index (χ3v) is 10.2.